The summed E-state index contributed by atoms with van der Waals surface area (Å²) < 4.78 is 0. The van der Waals surface area contributed by atoms with E-state index in [4.69, 9.17) is 5.11 Å². The first-order valence-electron chi connectivity index (χ1n) is 5.72. The van der Waals surface area contributed by atoms with Crippen LogP contribution in [0.15, 0.2) is 0 Å². The molecule has 0 saturated carbocycles. The van der Waals surface area contributed by atoms with Crippen molar-refractivity contribution >= 4 is 17.7 Å². The minimum atomic E-state index is -0.643. The minimum Gasteiger partial charge on any atom is -0.481 e. The Morgan fingerprint density at radius 2 is 2.40 bits per heavy atom. The topological polar surface area (TPSA) is 40.5 Å². The summed E-state index contributed by atoms with van der Waals surface area (Å²) in [5.74, 6) is 0.987. The Bertz CT molecular complexity index is 247. The molecule has 4 heteroatoms. The second-order valence-corrected chi connectivity index (χ2v) is 6.25. The van der Waals surface area contributed by atoms with Gasteiger partial charge in [-0.25, -0.2) is 0 Å². The van der Waals surface area contributed by atoms with E-state index in [1.165, 1.54) is 12.2 Å². The monoisotopic (exact) mass is 229 g/mol. The van der Waals surface area contributed by atoms with Crippen LogP contribution in [0.2, 0.25) is 0 Å². The minimum absolute atomic E-state index is 0.353. The lowest BCUT2D eigenvalue weighted by Crippen LogP contribution is -2.33. The fourth-order valence-corrected chi connectivity index (χ4v) is 3.91. The molecule has 15 heavy (non-hydrogen) atoms. The summed E-state index contributed by atoms with van der Waals surface area (Å²) in [5, 5.41) is 9.53. The number of thioether (sulfide) groups is 1. The summed E-state index contributed by atoms with van der Waals surface area (Å²) in [6.45, 7) is 4.40. The van der Waals surface area contributed by atoms with Gasteiger partial charge >= 0.3 is 5.97 Å². The largest absolute Gasteiger partial charge is 0.481 e. The summed E-state index contributed by atoms with van der Waals surface area (Å²) >= 11 is 2.05. The van der Waals surface area contributed by atoms with E-state index in [1.54, 1.807) is 0 Å². The first-order valence-corrected chi connectivity index (χ1v) is 6.77. The molecule has 2 rings (SSSR count). The second kappa shape index (κ2) is 4.74. The van der Waals surface area contributed by atoms with Crippen LogP contribution in [0.25, 0.3) is 0 Å². The lowest BCUT2D eigenvalue weighted by atomic mass is 10.1. The zero-order valence-electron chi connectivity index (χ0n) is 9.19. The maximum absolute atomic E-state index is 10.6. The molecule has 0 aliphatic carbocycles. The van der Waals surface area contributed by atoms with Crippen LogP contribution in [0.1, 0.15) is 26.2 Å². The molecule has 2 fully saturated rings. The van der Waals surface area contributed by atoms with Crippen molar-refractivity contribution in [1.82, 2.24) is 4.90 Å². The van der Waals surface area contributed by atoms with E-state index in [-0.39, 0.29) is 0 Å². The molecule has 2 saturated heterocycles. The molecule has 2 heterocycles. The van der Waals surface area contributed by atoms with E-state index in [0.29, 0.717) is 18.4 Å². The van der Waals surface area contributed by atoms with Crippen LogP contribution in [0, 0.1) is 5.92 Å². The van der Waals surface area contributed by atoms with Crippen LogP contribution in [-0.4, -0.2) is 46.1 Å². The van der Waals surface area contributed by atoms with Crippen LogP contribution in [0.5, 0.6) is 0 Å². The Morgan fingerprint density at radius 1 is 1.60 bits per heavy atom. The van der Waals surface area contributed by atoms with Crippen molar-refractivity contribution < 1.29 is 9.90 Å². The number of hydrogen-bond acceptors (Lipinski definition) is 3. The van der Waals surface area contributed by atoms with Crippen LogP contribution >= 0.6 is 11.8 Å². The Hall–Kier alpha value is -0.220. The number of rotatable bonds is 3. The molecule has 0 aromatic carbocycles. The van der Waals surface area contributed by atoms with Gasteiger partial charge in [0.1, 0.15) is 0 Å². The van der Waals surface area contributed by atoms with Crippen molar-refractivity contribution in [2.24, 2.45) is 5.92 Å². The number of carbonyl (C=O) groups is 1. The SMILES string of the molecule is CC1CC(N2CCC(CC(=O)O)C2)CS1. The van der Waals surface area contributed by atoms with Gasteiger partial charge in [-0.1, -0.05) is 6.92 Å². The van der Waals surface area contributed by atoms with Crippen molar-refractivity contribution in [3.05, 3.63) is 0 Å². The number of hydrogen-bond donors (Lipinski definition) is 1. The highest BCUT2D eigenvalue weighted by molar-refractivity contribution is 8.00. The fraction of sp³-hybridized carbons (Fsp3) is 0.909. The predicted molar refractivity (Wildman–Crippen MR) is 62.3 cm³/mol. The zero-order chi connectivity index (χ0) is 10.8. The van der Waals surface area contributed by atoms with E-state index in [9.17, 15) is 4.79 Å². The lowest BCUT2D eigenvalue weighted by Gasteiger charge is -2.22. The van der Waals surface area contributed by atoms with E-state index in [2.05, 4.69) is 11.8 Å². The van der Waals surface area contributed by atoms with Gasteiger partial charge in [0.15, 0.2) is 0 Å². The van der Waals surface area contributed by atoms with E-state index < -0.39 is 5.97 Å². The van der Waals surface area contributed by atoms with E-state index in [1.807, 2.05) is 11.8 Å². The number of nitrogens with zero attached hydrogens (tertiary/aromatic N) is 1. The van der Waals surface area contributed by atoms with Gasteiger partial charge in [-0.2, -0.15) is 11.8 Å². The predicted octanol–water partition coefficient (Wildman–Crippen LogP) is 1.68. The molecular formula is C11H19NO2S. The normalized spacial score (nSPS) is 37.3. The van der Waals surface area contributed by atoms with Crippen molar-refractivity contribution in [2.75, 3.05) is 18.8 Å². The third kappa shape index (κ3) is 2.88. The Kier molecular flexibility index (Phi) is 3.57. The fourth-order valence-electron chi connectivity index (χ4n) is 2.66. The van der Waals surface area contributed by atoms with Gasteiger partial charge in [0.05, 0.1) is 0 Å². The Morgan fingerprint density at radius 3 is 3.00 bits per heavy atom. The van der Waals surface area contributed by atoms with Crippen LogP contribution in [-0.2, 0) is 4.79 Å². The Labute approximate surface area is 95.2 Å². The molecule has 86 valence electrons. The molecule has 0 bridgehead atoms. The third-order valence-corrected chi connectivity index (χ3v) is 4.81. The van der Waals surface area contributed by atoms with Crippen LogP contribution in [0.3, 0.4) is 0 Å². The summed E-state index contributed by atoms with van der Waals surface area (Å²) in [4.78, 5) is 13.1. The first-order chi connectivity index (χ1) is 7.15. The molecule has 0 aromatic rings. The molecule has 3 nitrogen and oxygen atoms in total. The second-order valence-electron chi connectivity index (χ2n) is 4.78. The first kappa shape index (κ1) is 11.3. The van der Waals surface area contributed by atoms with Crippen molar-refractivity contribution in [1.29, 1.82) is 0 Å². The molecular weight excluding hydrogens is 210 g/mol. The molecule has 0 amide bonds. The molecule has 0 aromatic heterocycles. The van der Waals surface area contributed by atoms with Gasteiger partial charge in [-0.3, -0.25) is 9.69 Å². The summed E-state index contributed by atoms with van der Waals surface area (Å²) in [6, 6.07) is 0.712. The highest BCUT2D eigenvalue weighted by Crippen LogP contribution is 2.32. The standard InChI is InChI=1S/C11H19NO2S/c1-8-4-10(7-15-8)12-3-2-9(6-12)5-11(13)14/h8-10H,2-7H2,1H3,(H,13,14). The zero-order valence-corrected chi connectivity index (χ0v) is 10.0. The smallest absolute Gasteiger partial charge is 0.303 e. The van der Waals surface area contributed by atoms with Crippen molar-refractivity contribution in [3.63, 3.8) is 0 Å². The summed E-state index contributed by atoms with van der Waals surface area (Å²) in [6.07, 6.45) is 2.71. The molecule has 1 N–H and O–H groups in total. The molecule has 0 spiro atoms. The highest BCUT2D eigenvalue weighted by Gasteiger charge is 2.33. The maximum Gasteiger partial charge on any atom is 0.303 e. The van der Waals surface area contributed by atoms with Gasteiger partial charge in [-0.15, -0.1) is 0 Å². The van der Waals surface area contributed by atoms with Gasteiger partial charge in [0.2, 0.25) is 0 Å². The number of likely N-dealkylation sites (tertiary alicyclic amines) is 1. The quantitative estimate of drug-likeness (QED) is 0.799. The number of carboxylic acid groups (broad SMARTS) is 1. The van der Waals surface area contributed by atoms with Gasteiger partial charge < -0.3 is 5.11 Å². The highest BCUT2D eigenvalue weighted by atomic mass is 32.2. The van der Waals surface area contributed by atoms with Gasteiger partial charge in [0.25, 0.3) is 0 Å². The van der Waals surface area contributed by atoms with Gasteiger partial charge in [0, 0.05) is 30.0 Å². The average molecular weight is 229 g/mol. The Balaban J connectivity index is 1.79. The van der Waals surface area contributed by atoms with Crippen molar-refractivity contribution in [2.45, 2.75) is 37.5 Å². The van der Waals surface area contributed by atoms with Crippen LogP contribution < -0.4 is 0 Å². The molecule has 2 aliphatic heterocycles. The molecule has 3 atom stereocenters. The van der Waals surface area contributed by atoms with Gasteiger partial charge in [-0.05, 0) is 25.3 Å². The molecule has 3 unspecified atom stereocenters. The number of aliphatic carboxylic acids is 1. The summed E-state index contributed by atoms with van der Waals surface area (Å²) in [7, 11) is 0. The maximum atomic E-state index is 10.6. The molecule has 2 aliphatic rings. The van der Waals surface area contributed by atoms with Crippen molar-refractivity contribution in [3.8, 4) is 0 Å². The van der Waals surface area contributed by atoms with Crippen LogP contribution in [0.4, 0.5) is 0 Å². The third-order valence-electron chi connectivity index (χ3n) is 3.47. The summed E-state index contributed by atoms with van der Waals surface area (Å²) in [5.41, 5.74) is 0. The lowest BCUT2D eigenvalue weighted by molar-refractivity contribution is -0.138. The van der Waals surface area contributed by atoms with E-state index in [0.717, 1.165) is 24.8 Å². The average Bonchev–Trinajstić information content (AvgIpc) is 2.72. The van der Waals surface area contributed by atoms with E-state index >= 15 is 0 Å². The number of carboxylic acids is 1. The molecule has 0 radical (unpaired) electrons.